The standard InChI is InChI=1S/C18H25N3/c1-19-17(16-11-14-20-21(16)2)18(12-7-4-8-13-18)15-9-5-3-6-10-15/h3,5-6,9-11,14,17,19H,4,7-8,12-13H2,1-2H3. The van der Waals surface area contributed by atoms with Crippen molar-refractivity contribution in [3.05, 3.63) is 53.9 Å². The predicted molar refractivity (Wildman–Crippen MR) is 86.2 cm³/mol. The second kappa shape index (κ2) is 6.02. The Morgan fingerprint density at radius 2 is 1.81 bits per heavy atom. The molecule has 0 bridgehead atoms. The molecule has 1 heterocycles. The molecule has 3 rings (SSSR count). The topological polar surface area (TPSA) is 29.9 Å². The van der Waals surface area contributed by atoms with Gasteiger partial charge in [-0.15, -0.1) is 0 Å². The Kier molecular flexibility index (Phi) is 4.11. The fraction of sp³-hybridized carbons (Fsp3) is 0.500. The fourth-order valence-corrected chi connectivity index (χ4v) is 4.07. The molecule has 0 saturated heterocycles. The molecule has 1 atom stereocenters. The van der Waals surface area contributed by atoms with Crippen LogP contribution in [-0.4, -0.2) is 16.8 Å². The van der Waals surface area contributed by atoms with Crippen molar-refractivity contribution in [3.8, 4) is 0 Å². The molecule has 1 aliphatic carbocycles. The van der Waals surface area contributed by atoms with Crippen LogP contribution in [0.3, 0.4) is 0 Å². The molecule has 0 amide bonds. The lowest BCUT2D eigenvalue weighted by atomic mass is 9.64. The Labute approximate surface area is 127 Å². The van der Waals surface area contributed by atoms with Gasteiger partial charge in [-0.05, 0) is 31.5 Å². The summed E-state index contributed by atoms with van der Waals surface area (Å²) in [5, 5.41) is 7.98. The maximum Gasteiger partial charge on any atom is 0.0587 e. The molecule has 3 nitrogen and oxygen atoms in total. The first-order valence-electron chi connectivity index (χ1n) is 7.98. The smallest absolute Gasteiger partial charge is 0.0587 e. The molecule has 1 aliphatic rings. The van der Waals surface area contributed by atoms with Gasteiger partial charge in [-0.3, -0.25) is 4.68 Å². The largest absolute Gasteiger partial charge is 0.311 e. The average Bonchev–Trinajstić information content (AvgIpc) is 2.96. The highest BCUT2D eigenvalue weighted by Gasteiger charge is 2.42. The van der Waals surface area contributed by atoms with Crippen molar-refractivity contribution in [2.24, 2.45) is 7.05 Å². The molecule has 21 heavy (non-hydrogen) atoms. The van der Waals surface area contributed by atoms with E-state index in [1.54, 1.807) is 0 Å². The van der Waals surface area contributed by atoms with E-state index in [9.17, 15) is 0 Å². The molecule has 1 aromatic heterocycles. The molecule has 2 aromatic rings. The summed E-state index contributed by atoms with van der Waals surface area (Å²) in [5.41, 5.74) is 2.93. The third-order valence-corrected chi connectivity index (χ3v) is 5.09. The Bertz CT molecular complexity index is 567. The van der Waals surface area contributed by atoms with Gasteiger partial charge < -0.3 is 5.32 Å². The van der Waals surface area contributed by atoms with Crippen molar-refractivity contribution in [2.75, 3.05) is 7.05 Å². The number of likely N-dealkylation sites (N-methyl/N-ethyl adjacent to an activating group) is 1. The van der Waals surface area contributed by atoms with Crippen LogP contribution in [0.1, 0.15) is 49.4 Å². The molecular formula is C18H25N3. The van der Waals surface area contributed by atoms with Crippen LogP contribution in [0.5, 0.6) is 0 Å². The molecule has 112 valence electrons. The summed E-state index contributed by atoms with van der Waals surface area (Å²) in [6.07, 6.45) is 8.37. The third-order valence-electron chi connectivity index (χ3n) is 5.09. The summed E-state index contributed by atoms with van der Waals surface area (Å²) in [7, 11) is 4.12. The molecule has 0 spiro atoms. The zero-order valence-electron chi connectivity index (χ0n) is 13.0. The number of aromatic nitrogens is 2. The number of hydrogen-bond donors (Lipinski definition) is 1. The van der Waals surface area contributed by atoms with Crippen LogP contribution < -0.4 is 5.32 Å². The second-order valence-electron chi connectivity index (χ2n) is 6.18. The minimum Gasteiger partial charge on any atom is -0.311 e. The molecule has 1 fully saturated rings. The van der Waals surface area contributed by atoms with Crippen LogP contribution >= 0.6 is 0 Å². The lowest BCUT2D eigenvalue weighted by Crippen LogP contribution is -2.43. The minimum atomic E-state index is 0.183. The first-order valence-corrected chi connectivity index (χ1v) is 7.98. The Balaban J connectivity index is 2.08. The van der Waals surface area contributed by atoms with Crippen LogP contribution in [0.25, 0.3) is 0 Å². The Morgan fingerprint density at radius 1 is 1.10 bits per heavy atom. The van der Waals surface area contributed by atoms with E-state index in [1.165, 1.54) is 43.4 Å². The van der Waals surface area contributed by atoms with Gasteiger partial charge in [0.05, 0.1) is 11.7 Å². The molecular weight excluding hydrogens is 258 g/mol. The monoisotopic (exact) mass is 283 g/mol. The first kappa shape index (κ1) is 14.3. The first-order chi connectivity index (χ1) is 10.3. The molecule has 1 aromatic carbocycles. The minimum absolute atomic E-state index is 0.183. The van der Waals surface area contributed by atoms with E-state index in [1.807, 2.05) is 17.9 Å². The van der Waals surface area contributed by atoms with Gasteiger partial charge in [0.25, 0.3) is 0 Å². The normalized spacial score (nSPS) is 19.3. The number of hydrogen-bond acceptors (Lipinski definition) is 2. The van der Waals surface area contributed by atoms with Crippen molar-refractivity contribution in [2.45, 2.75) is 43.6 Å². The van der Waals surface area contributed by atoms with Gasteiger partial charge in [0.1, 0.15) is 0 Å². The van der Waals surface area contributed by atoms with Gasteiger partial charge in [0, 0.05) is 18.7 Å². The molecule has 3 heteroatoms. The second-order valence-corrected chi connectivity index (χ2v) is 6.18. The van der Waals surface area contributed by atoms with Crippen LogP contribution in [0.15, 0.2) is 42.6 Å². The zero-order chi connectivity index (χ0) is 14.7. The van der Waals surface area contributed by atoms with E-state index in [0.29, 0.717) is 6.04 Å². The number of rotatable bonds is 4. The van der Waals surface area contributed by atoms with Crippen LogP contribution in [-0.2, 0) is 12.5 Å². The Hall–Kier alpha value is -1.61. The molecule has 1 N–H and O–H groups in total. The van der Waals surface area contributed by atoms with Gasteiger partial charge in [-0.25, -0.2) is 0 Å². The zero-order valence-corrected chi connectivity index (χ0v) is 13.0. The Morgan fingerprint density at radius 3 is 2.38 bits per heavy atom. The predicted octanol–water partition coefficient (Wildman–Crippen LogP) is 3.58. The van der Waals surface area contributed by atoms with Crippen LogP contribution in [0.2, 0.25) is 0 Å². The summed E-state index contributed by atoms with van der Waals surface area (Å²) in [4.78, 5) is 0. The summed E-state index contributed by atoms with van der Waals surface area (Å²) in [6.45, 7) is 0. The SMILES string of the molecule is CNC(c1ccnn1C)C1(c2ccccc2)CCCCC1. The highest BCUT2D eigenvalue weighted by atomic mass is 15.3. The van der Waals surface area contributed by atoms with E-state index >= 15 is 0 Å². The van der Waals surface area contributed by atoms with Crippen LogP contribution in [0.4, 0.5) is 0 Å². The summed E-state index contributed by atoms with van der Waals surface area (Å²) in [5.74, 6) is 0. The van der Waals surface area contributed by atoms with Crippen molar-refractivity contribution < 1.29 is 0 Å². The number of aryl methyl sites for hydroxylation is 1. The quantitative estimate of drug-likeness (QED) is 0.929. The van der Waals surface area contributed by atoms with Crippen molar-refractivity contribution in [1.82, 2.24) is 15.1 Å². The van der Waals surface area contributed by atoms with Crippen molar-refractivity contribution in [1.29, 1.82) is 0 Å². The van der Waals surface area contributed by atoms with E-state index in [0.717, 1.165) is 0 Å². The van der Waals surface area contributed by atoms with Gasteiger partial charge in [0.2, 0.25) is 0 Å². The fourth-order valence-electron chi connectivity index (χ4n) is 4.07. The molecule has 1 unspecified atom stereocenters. The maximum absolute atomic E-state index is 4.38. The molecule has 0 radical (unpaired) electrons. The maximum atomic E-state index is 4.38. The highest BCUT2D eigenvalue weighted by Crippen LogP contribution is 2.47. The van der Waals surface area contributed by atoms with E-state index in [4.69, 9.17) is 0 Å². The van der Waals surface area contributed by atoms with Crippen molar-refractivity contribution >= 4 is 0 Å². The average molecular weight is 283 g/mol. The van der Waals surface area contributed by atoms with Gasteiger partial charge in [-0.2, -0.15) is 5.10 Å². The lowest BCUT2D eigenvalue weighted by Gasteiger charge is -2.44. The van der Waals surface area contributed by atoms with E-state index < -0.39 is 0 Å². The van der Waals surface area contributed by atoms with E-state index in [2.05, 4.69) is 53.9 Å². The van der Waals surface area contributed by atoms with Crippen molar-refractivity contribution in [3.63, 3.8) is 0 Å². The number of benzene rings is 1. The third kappa shape index (κ3) is 2.51. The van der Waals surface area contributed by atoms with E-state index in [-0.39, 0.29) is 5.41 Å². The number of nitrogens with one attached hydrogen (secondary N) is 1. The van der Waals surface area contributed by atoms with Gasteiger partial charge in [-0.1, -0.05) is 49.6 Å². The summed E-state index contributed by atoms with van der Waals surface area (Å²) >= 11 is 0. The lowest BCUT2D eigenvalue weighted by molar-refractivity contribution is 0.214. The van der Waals surface area contributed by atoms with Crippen LogP contribution in [0, 0.1) is 0 Å². The summed E-state index contributed by atoms with van der Waals surface area (Å²) in [6, 6.07) is 13.5. The number of nitrogens with zero attached hydrogens (tertiary/aromatic N) is 2. The van der Waals surface area contributed by atoms with Gasteiger partial charge >= 0.3 is 0 Å². The highest BCUT2D eigenvalue weighted by molar-refractivity contribution is 5.31. The van der Waals surface area contributed by atoms with Gasteiger partial charge in [0.15, 0.2) is 0 Å². The molecule has 0 aliphatic heterocycles. The molecule has 1 saturated carbocycles. The summed E-state index contributed by atoms with van der Waals surface area (Å²) < 4.78 is 2.01.